The first-order valence-corrected chi connectivity index (χ1v) is 7.99. The molecule has 3 aromatic rings. The number of rotatable bonds is 3. The Bertz CT molecular complexity index is 793. The Kier molecular flexibility index (Phi) is 4.26. The van der Waals surface area contributed by atoms with E-state index in [2.05, 4.69) is 21.0 Å². The normalized spacial score (nSPS) is 11.7. The first kappa shape index (κ1) is 15.8. The SMILES string of the molecule is FC(F)(F)c1ccc(-n2cc(CBr)c(-c3ccccc3)n2)cc1. The van der Waals surface area contributed by atoms with E-state index in [4.69, 9.17) is 0 Å². The summed E-state index contributed by atoms with van der Waals surface area (Å²) in [5.74, 6) is 0. The zero-order chi connectivity index (χ0) is 16.4. The van der Waals surface area contributed by atoms with Gasteiger partial charge in [0.1, 0.15) is 0 Å². The molecule has 0 fully saturated rings. The maximum Gasteiger partial charge on any atom is 0.416 e. The smallest absolute Gasteiger partial charge is 0.240 e. The molecule has 0 aliphatic heterocycles. The van der Waals surface area contributed by atoms with E-state index in [1.807, 2.05) is 36.5 Å². The van der Waals surface area contributed by atoms with Crippen LogP contribution in [0.4, 0.5) is 13.2 Å². The lowest BCUT2D eigenvalue weighted by Crippen LogP contribution is -2.05. The topological polar surface area (TPSA) is 17.8 Å². The fourth-order valence-electron chi connectivity index (χ4n) is 2.28. The molecule has 0 bridgehead atoms. The molecule has 0 saturated heterocycles. The molecule has 0 aliphatic rings. The molecule has 1 aromatic heterocycles. The maximum absolute atomic E-state index is 12.6. The van der Waals surface area contributed by atoms with Crippen LogP contribution >= 0.6 is 15.9 Å². The van der Waals surface area contributed by atoms with Crippen molar-refractivity contribution in [1.82, 2.24) is 9.78 Å². The van der Waals surface area contributed by atoms with Crippen LogP contribution in [-0.4, -0.2) is 9.78 Å². The lowest BCUT2D eigenvalue weighted by molar-refractivity contribution is -0.137. The first-order valence-electron chi connectivity index (χ1n) is 6.86. The van der Waals surface area contributed by atoms with Gasteiger partial charge in [0, 0.05) is 22.7 Å². The van der Waals surface area contributed by atoms with Crippen molar-refractivity contribution in [1.29, 1.82) is 0 Å². The first-order chi connectivity index (χ1) is 11.0. The quantitative estimate of drug-likeness (QED) is 0.552. The van der Waals surface area contributed by atoms with Gasteiger partial charge in [-0.2, -0.15) is 18.3 Å². The highest BCUT2D eigenvalue weighted by atomic mass is 79.9. The largest absolute Gasteiger partial charge is 0.416 e. The van der Waals surface area contributed by atoms with E-state index in [0.717, 1.165) is 29.0 Å². The molecule has 23 heavy (non-hydrogen) atoms. The summed E-state index contributed by atoms with van der Waals surface area (Å²) in [6, 6.07) is 14.6. The molecule has 3 rings (SSSR count). The molecule has 0 radical (unpaired) electrons. The molecule has 0 atom stereocenters. The van der Waals surface area contributed by atoms with Crippen molar-refractivity contribution >= 4 is 15.9 Å². The summed E-state index contributed by atoms with van der Waals surface area (Å²) >= 11 is 3.43. The number of hydrogen-bond donors (Lipinski definition) is 0. The number of aromatic nitrogens is 2. The number of benzene rings is 2. The van der Waals surface area contributed by atoms with Crippen LogP contribution in [0.2, 0.25) is 0 Å². The van der Waals surface area contributed by atoms with Crippen molar-refractivity contribution in [2.45, 2.75) is 11.5 Å². The van der Waals surface area contributed by atoms with Crippen LogP contribution < -0.4 is 0 Å². The van der Waals surface area contributed by atoms with Crippen molar-refractivity contribution in [3.8, 4) is 16.9 Å². The van der Waals surface area contributed by atoms with Gasteiger partial charge in [0.05, 0.1) is 16.9 Å². The van der Waals surface area contributed by atoms with E-state index in [-0.39, 0.29) is 0 Å². The molecular formula is C17H12BrF3N2. The summed E-state index contributed by atoms with van der Waals surface area (Å²) in [6.45, 7) is 0. The Morgan fingerprint density at radius 2 is 1.61 bits per heavy atom. The predicted octanol–water partition coefficient (Wildman–Crippen LogP) is 5.45. The van der Waals surface area contributed by atoms with Gasteiger partial charge in [-0.05, 0) is 24.3 Å². The third kappa shape index (κ3) is 3.32. The molecule has 0 amide bonds. The second kappa shape index (κ2) is 6.20. The third-order valence-electron chi connectivity index (χ3n) is 3.44. The van der Waals surface area contributed by atoms with E-state index in [1.54, 1.807) is 4.68 Å². The van der Waals surface area contributed by atoms with Gasteiger partial charge in [-0.25, -0.2) is 4.68 Å². The molecule has 2 nitrogen and oxygen atoms in total. The van der Waals surface area contributed by atoms with Gasteiger partial charge in [-0.15, -0.1) is 0 Å². The molecule has 0 spiro atoms. The zero-order valence-electron chi connectivity index (χ0n) is 11.9. The highest BCUT2D eigenvalue weighted by Gasteiger charge is 2.30. The Morgan fingerprint density at radius 1 is 0.957 bits per heavy atom. The Morgan fingerprint density at radius 3 is 2.17 bits per heavy atom. The average Bonchev–Trinajstić information content (AvgIpc) is 2.99. The summed E-state index contributed by atoms with van der Waals surface area (Å²) in [6.07, 6.45) is -2.52. The highest BCUT2D eigenvalue weighted by molar-refractivity contribution is 9.08. The van der Waals surface area contributed by atoms with Crippen molar-refractivity contribution in [3.63, 3.8) is 0 Å². The molecule has 0 aliphatic carbocycles. The molecule has 0 unspecified atom stereocenters. The standard InChI is InChI=1S/C17H12BrF3N2/c18-10-13-11-23(22-16(13)12-4-2-1-3-5-12)15-8-6-14(7-9-15)17(19,20)21/h1-9,11H,10H2. The maximum atomic E-state index is 12.6. The van der Waals surface area contributed by atoms with Gasteiger partial charge < -0.3 is 0 Å². The number of hydrogen-bond acceptors (Lipinski definition) is 1. The minimum Gasteiger partial charge on any atom is -0.240 e. The fraction of sp³-hybridized carbons (Fsp3) is 0.118. The minimum absolute atomic E-state index is 0.586. The van der Waals surface area contributed by atoms with Crippen molar-refractivity contribution in [2.24, 2.45) is 0 Å². The third-order valence-corrected chi connectivity index (χ3v) is 4.04. The highest BCUT2D eigenvalue weighted by Crippen LogP contribution is 2.30. The second-order valence-electron chi connectivity index (χ2n) is 4.99. The van der Waals surface area contributed by atoms with Crippen LogP contribution in [0, 0.1) is 0 Å². The monoisotopic (exact) mass is 380 g/mol. The Hall–Kier alpha value is -2.08. The second-order valence-corrected chi connectivity index (χ2v) is 5.55. The molecule has 118 valence electrons. The minimum atomic E-state index is -4.33. The van der Waals surface area contributed by atoms with Gasteiger partial charge in [0.15, 0.2) is 0 Å². The van der Waals surface area contributed by atoms with Crippen LogP contribution in [0.3, 0.4) is 0 Å². The van der Waals surface area contributed by atoms with Crippen LogP contribution in [0.15, 0.2) is 60.8 Å². The van der Waals surface area contributed by atoms with Crippen LogP contribution in [0.5, 0.6) is 0 Å². The molecule has 0 N–H and O–H groups in total. The number of nitrogens with zero attached hydrogens (tertiary/aromatic N) is 2. The van der Waals surface area contributed by atoms with E-state index in [0.29, 0.717) is 11.0 Å². The average molecular weight is 381 g/mol. The van der Waals surface area contributed by atoms with E-state index in [1.165, 1.54) is 12.1 Å². The van der Waals surface area contributed by atoms with Gasteiger partial charge in [-0.1, -0.05) is 46.3 Å². The van der Waals surface area contributed by atoms with Gasteiger partial charge >= 0.3 is 6.18 Å². The van der Waals surface area contributed by atoms with Crippen LogP contribution in [0.1, 0.15) is 11.1 Å². The van der Waals surface area contributed by atoms with E-state index < -0.39 is 11.7 Å². The summed E-state index contributed by atoms with van der Waals surface area (Å²) in [5.41, 5.74) is 2.66. The number of halogens is 4. The lowest BCUT2D eigenvalue weighted by atomic mass is 10.1. The van der Waals surface area contributed by atoms with Crippen molar-refractivity contribution in [2.75, 3.05) is 0 Å². The molecule has 6 heteroatoms. The summed E-state index contributed by atoms with van der Waals surface area (Å²) in [4.78, 5) is 0. The van der Waals surface area contributed by atoms with Gasteiger partial charge in [0.25, 0.3) is 0 Å². The molecule has 2 aromatic carbocycles. The Balaban J connectivity index is 2.00. The van der Waals surface area contributed by atoms with E-state index in [9.17, 15) is 13.2 Å². The molecule has 1 heterocycles. The van der Waals surface area contributed by atoms with Gasteiger partial charge in [0.2, 0.25) is 0 Å². The van der Waals surface area contributed by atoms with Crippen LogP contribution in [0.25, 0.3) is 16.9 Å². The fourth-order valence-corrected chi connectivity index (χ4v) is 2.69. The van der Waals surface area contributed by atoms with E-state index >= 15 is 0 Å². The predicted molar refractivity (Wildman–Crippen MR) is 86.6 cm³/mol. The lowest BCUT2D eigenvalue weighted by Gasteiger charge is -2.07. The summed E-state index contributed by atoms with van der Waals surface area (Å²) in [5, 5.41) is 5.13. The zero-order valence-corrected chi connectivity index (χ0v) is 13.5. The van der Waals surface area contributed by atoms with Gasteiger partial charge in [-0.3, -0.25) is 0 Å². The Labute approximate surface area is 139 Å². The number of alkyl halides is 4. The summed E-state index contributed by atoms with van der Waals surface area (Å²) < 4.78 is 39.5. The van der Waals surface area contributed by atoms with Crippen LogP contribution in [-0.2, 0) is 11.5 Å². The van der Waals surface area contributed by atoms with Crippen molar-refractivity contribution < 1.29 is 13.2 Å². The molecular weight excluding hydrogens is 369 g/mol. The van der Waals surface area contributed by atoms with Crippen molar-refractivity contribution in [3.05, 3.63) is 71.9 Å². The summed E-state index contributed by atoms with van der Waals surface area (Å²) in [7, 11) is 0. The molecule has 0 saturated carbocycles.